The zero-order valence-electron chi connectivity index (χ0n) is 17.7. The Morgan fingerprint density at radius 1 is 1.06 bits per heavy atom. The highest BCUT2D eigenvalue weighted by molar-refractivity contribution is 8.00. The van der Waals surface area contributed by atoms with Gasteiger partial charge in [-0.05, 0) is 30.4 Å². The fourth-order valence-electron chi connectivity index (χ4n) is 3.15. The molecule has 1 heterocycles. The van der Waals surface area contributed by atoms with Crippen molar-refractivity contribution in [3.8, 4) is 17.1 Å². The maximum Gasteiger partial charge on any atom is 0.419 e. The summed E-state index contributed by atoms with van der Waals surface area (Å²) in [4.78, 5) is 44.8. The van der Waals surface area contributed by atoms with E-state index in [4.69, 9.17) is 15.6 Å². The number of hydrogen-bond acceptors (Lipinski definition) is 8. The third-order valence-electron chi connectivity index (χ3n) is 4.72. The van der Waals surface area contributed by atoms with Gasteiger partial charge in [-0.15, -0.1) is 0 Å². The van der Waals surface area contributed by atoms with Crippen molar-refractivity contribution in [3.63, 3.8) is 0 Å². The molecule has 170 valence electrons. The van der Waals surface area contributed by atoms with E-state index in [-0.39, 0.29) is 18.2 Å². The van der Waals surface area contributed by atoms with Crippen LogP contribution in [0.3, 0.4) is 0 Å². The van der Waals surface area contributed by atoms with Gasteiger partial charge in [0.1, 0.15) is 6.04 Å². The number of aliphatic carboxylic acids is 1. The molecule has 9 nitrogen and oxygen atoms in total. The number of nitrogens with zero attached hydrogens (tertiary/aromatic N) is 2. The number of carboxylic acids is 1. The summed E-state index contributed by atoms with van der Waals surface area (Å²) < 4.78 is 5.11. The molecule has 3 aromatic rings. The molecule has 4 N–H and O–H groups in total. The first kappa shape index (κ1) is 23.9. The number of carboxylic acid groups (broad SMARTS) is 1. The van der Waals surface area contributed by atoms with Crippen LogP contribution in [0.25, 0.3) is 11.1 Å². The molecule has 2 atom stereocenters. The second-order valence-corrected chi connectivity index (χ2v) is 7.95. The molecule has 10 heteroatoms. The monoisotopic (exact) mass is 466 g/mol. The number of thioether (sulfide) groups is 1. The minimum atomic E-state index is -1.17. The minimum Gasteiger partial charge on any atom is -0.480 e. The van der Waals surface area contributed by atoms with Crippen molar-refractivity contribution in [1.82, 2.24) is 9.97 Å². The van der Waals surface area contributed by atoms with Gasteiger partial charge in [0, 0.05) is 23.5 Å². The number of rotatable bonds is 9. The van der Waals surface area contributed by atoms with Crippen LogP contribution in [0.4, 0.5) is 10.5 Å². The number of ether oxygens (including phenoxy) is 1. The van der Waals surface area contributed by atoms with Crippen LogP contribution in [0.1, 0.15) is 16.8 Å². The predicted octanol–water partition coefficient (Wildman–Crippen LogP) is 3.47. The summed E-state index contributed by atoms with van der Waals surface area (Å²) in [5.74, 6) is -1.46. The van der Waals surface area contributed by atoms with E-state index in [1.165, 1.54) is 24.2 Å². The Morgan fingerprint density at radius 2 is 1.76 bits per heavy atom. The molecule has 0 fully saturated rings. The molecular weight excluding hydrogens is 444 g/mol. The van der Waals surface area contributed by atoms with Gasteiger partial charge in [0.2, 0.25) is 0 Å². The fraction of sp³-hybridized carbons (Fsp3) is 0.174. The number of carbonyl (C=O) groups is 3. The van der Waals surface area contributed by atoms with Crippen LogP contribution in [0.2, 0.25) is 0 Å². The maximum atomic E-state index is 13.4. The van der Waals surface area contributed by atoms with Crippen LogP contribution in [-0.4, -0.2) is 50.5 Å². The number of amides is 1. The summed E-state index contributed by atoms with van der Waals surface area (Å²) in [5.41, 5.74) is 7.52. The summed E-state index contributed by atoms with van der Waals surface area (Å²) in [7, 11) is 0. The lowest BCUT2D eigenvalue weighted by molar-refractivity contribution is -0.138. The van der Waals surface area contributed by atoms with Crippen LogP contribution in [0, 0.1) is 0 Å². The summed E-state index contributed by atoms with van der Waals surface area (Å²) in [5, 5.41) is 11.1. The largest absolute Gasteiger partial charge is 0.480 e. The average Bonchev–Trinajstić information content (AvgIpc) is 2.82. The highest BCUT2D eigenvalue weighted by Gasteiger charge is 2.28. The number of nitrogens with one attached hydrogen (secondary N) is 1. The van der Waals surface area contributed by atoms with Gasteiger partial charge in [-0.1, -0.05) is 42.5 Å². The van der Waals surface area contributed by atoms with E-state index in [2.05, 4.69) is 15.3 Å². The molecule has 0 saturated carbocycles. The van der Waals surface area contributed by atoms with E-state index in [9.17, 15) is 14.4 Å². The van der Waals surface area contributed by atoms with Gasteiger partial charge in [0.05, 0.1) is 10.9 Å². The lowest BCUT2D eigenvalue weighted by atomic mass is 9.92. The molecule has 1 unspecified atom stereocenters. The molecule has 3 rings (SSSR count). The molecule has 0 aliphatic heterocycles. The van der Waals surface area contributed by atoms with E-state index >= 15 is 0 Å². The Kier molecular flexibility index (Phi) is 8.11. The third kappa shape index (κ3) is 6.15. The summed E-state index contributed by atoms with van der Waals surface area (Å²) in [6.45, 7) is 0. The molecule has 2 aromatic carbocycles. The first-order chi connectivity index (χ1) is 15.9. The van der Waals surface area contributed by atoms with E-state index in [0.29, 0.717) is 22.4 Å². The Morgan fingerprint density at radius 3 is 2.39 bits per heavy atom. The van der Waals surface area contributed by atoms with Crippen molar-refractivity contribution in [3.05, 3.63) is 72.6 Å². The zero-order valence-corrected chi connectivity index (χ0v) is 18.5. The second kappa shape index (κ2) is 11.2. The molecule has 33 heavy (non-hydrogen) atoms. The Hall–Kier alpha value is -3.76. The average molecular weight is 467 g/mol. The highest BCUT2D eigenvalue weighted by atomic mass is 32.2. The van der Waals surface area contributed by atoms with E-state index in [0.717, 1.165) is 0 Å². The maximum absolute atomic E-state index is 13.4. The summed E-state index contributed by atoms with van der Waals surface area (Å²) in [6.07, 6.45) is 3.74. The number of nitrogens with two attached hydrogens (primary N) is 1. The molecule has 0 spiro atoms. The van der Waals surface area contributed by atoms with Crippen molar-refractivity contribution in [2.75, 3.05) is 11.6 Å². The normalized spacial score (nSPS) is 12.4. The molecule has 1 amide bonds. The number of anilines is 1. The molecule has 0 aliphatic carbocycles. The lowest BCUT2D eigenvalue weighted by Crippen LogP contribution is -2.35. The fourth-order valence-corrected chi connectivity index (χ4v) is 3.89. The highest BCUT2D eigenvalue weighted by Crippen LogP contribution is 2.34. The number of benzene rings is 2. The Bertz CT molecular complexity index is 1130. The van der Waals surface area contributed by atoms with Gasteiger partial charge in [-0.3, -0.25) is 14.9 Å². The van der Waals surface area contributed by atoms with Crippen molar-refractivity contribution in [2.24, 2.45) is 5.73 Å². The first-order valence-corrected chi connectivity index (χ1v) is 11.2. The zero-order chi connectivity index (χ0) is 23.8. The van der Waals surface area contributed by atoms with Crippen LogP contribution in [-0.2, 0) is 4.79 Å². The summed E-state index contributed by atoms with van der Waals surface area (Å²) >= 11 is 1.22. The number of aromatic nitrogens is 2. The van der Waals surface area contributed by atoms with Crippen molar-refractivity contribution >= 4 is 35.3 Å². The SMILES string of the molecule is CSC(C[C@H](N)C(=O)O)C(=O)c1cccc(NC(=O)Oc2ncccn2)c1-c1ccccc1. The standard InChI is InChI=1S/C23H22N4O5S/c1-33-18(13-16(24)21(29)30)20(28)15-9-5-10-17(19(15)14-7-3-2-4-8-14)27-23(31)32-22-25-11-6-12-26-22/h2-12,16,18H,13,24H2,1H3,(H,27,31)(H,29,30)/t16-,18?/m0/s1. The van der Waals surface area contributed by atoms with Crippen LogP contribution in [0.5, 0.6) is 6.01 Å². The van der Waals surface area contributed by atoms with Gasteiger partial charge >= 0.3 is 18.1 Å². The van der Waals surface area contributed by atoms with Gasteiger partial charge in [-0.2, -0.15) is 11.8 Å². The number of Topliss-reactive ketones (excluding diaryl/α,β-unsaturated/α-hetero) is 1. The molecule has 0 radical (unpaired) electrons. The van der Waals surface area contributed by atoms with Crippen LogP contribution >= 0.6 is 11.8 Å². The number of ketones is 1. The van der Waals surface area contributed by atoms with Crippen molar-refractivity contribution in [1.29, 1.82) is 0 Å². The van der Waals surface area contributed by atoms with E-state index < -0.39 is 23.4 Å². The Balaban J connectivity index is 1.98. The van der Waals surface area contributed by atoms with E-state index in [1.54, 1.807) is 42.7 Å². The van der Waals surface area contributed by atoms with Crippen molar-refractivity contribution < 1.29 is 24.2 Å². The predicted molar refractivity (Wildman–Crippen MR) is 125 cm³/mol. The van der Waals surface area contributed by atoms with Gasteiger partial charge < -0.3 is 15.6 Å². The first-order valence-electron chi connectivity index (χ1n) is 9.90. The lowest BCUT2D eigenvalue weighted by Gasteiger charge is -2.20. The summed E-state index contributed by atoms with van der Waals surface area (Å²) in [6, 6.07) is 14.3. The van der Waals surface area contributed by atoms with Gasteiger partial charge in [-0.25, -0.2) is 14.8 Å². The topological polar surface area (TPSA) is 144 Å². The smallest absolute Gasteiger partial charge is 0.419 e. The van der Waals surface area contributed by atoms with Crippen LogP contribution in [0.15, 0.2) is 67.0 Å². The third-order valence-corrected chi connectivity index (χ3v) is 5.69. The molecule has 0 saturated heterocycles. The van der Waals surface area contributed by atoms with E-state index in [1.807, 2.05) is 18.2 Å². The van der Waals surface area contributed by atoms with Crippen LogP contribution < -0.4 is 15.8 Å². The second-order valence-electron chi connectivity index (χ2n) is 6.91. The number of carbonyl (C=O) groups excluding carboxylic acids is 2. The molecule has 1 aromatic heterocycles. The Labute approximate surface area is 194 Å². The minimum absolute atomic E-state index is 0.0331. The number of hydrogen-bond donors (Lipinski definition) is 3. The van der Waals surface area contributed by atoms with Gasteiger partial charge in [0.15, 0.2) is 5.78 Å². The molecule has 0 bridgehead atoms. The van der Waals surface area contributed by atoms with Crippen molar-refractivity contribution in [2.45, 2.75) is 17.7 Å². The molecular formula is C23H22N4O5S. The molecule has 0 aliphatic rings. The quantitative estimate of drug-likeness (QED) is 0.404. The van der Waals surface area contributed by atoms with Gasteiger partial charge in [0.25, 0.3) is 0 Å².